The lowest BCUT2D eigenvalue weighted by molar-refractivity contribution is 0.176. The van der Waals surface area contributed by atoms with Gasteiger partial charge in [0.05, 0.1) is 19.2 Å². The van der Waals surface area contributed by atoms with Crippen LogP contribution in [0, 0.1) is 23.2 Å². The maximum Gasteiger partial charge on any atom is 0.138 e. The van der Waals surface area contributed by atoms with E-state index in [2.05, 4.69) is 27.8 Å². The van der Waals surface area contributed by atoms with Gasteiger partial charge in [-0.05, 0) is 48.7 Å². The van der Waals surface area contributed by atoms with E-state index >= 15 is 0 Å². The molecule has 3 aromatic rings. The molecule has 7 nitrogen and oxygen atoms in total. The third-order valence-corrected chi connectivity index (χ3v) is 5.86. The number of likely N-dealkylation sites (tertiary alicyclic amines) is 1. The molecule has 2 unspecified atom stereocenters. The van der Waals surface area contributed by atoms with Gasteiger partial charge in [0.2, 0.25) is 0 Å². The van der Waals surface area contributed by atoms with Crippen LogP contribution >= 0.6 is 0 Å². The molecule has 2 N–H and O–H groups in total. The predicted octanol–water partition coefficient (Wildman–Crippen LogP) is 3.17. The molecular weight excluding hydrogens is 428 g/mol. The van der Waals surface area contributed by atoms with Crippen LogP contribution in [0.1, 0.15) is 36.9 Å². The van der Waals surface area contributed by atoms with Crippen LogP contribution in [0.25, 0.3) is 11.1 Å². The second-order valence-corrected chi connectivity index (χ2v) is 8.36. The first-order valence-corrected chi connectivity index (χ1v) is 11.4. The molecule has 174 valence electrons. The standard InChI is InChI=1S/C27H28N4O3/c1-20(33)27-29-14-17-31(27)24(19-32)9-4-21-2-5-22(6-3-21)23-7-10-25(11-8-23)34-26-12-15-30(18-26)16-13-28/h2-3,5-8,10-11,14,17,20,24,26,32-33H,12,15-16,18-19H2,1H3/t20-,24?,26?/m0/s1. The van der Waals surface area contributed by atoms with E-state index in [4.69, 9.17) is 10.00 Å². The minimum Gasteiger partial charge on any atom is -0.489 e. The summed E-state index contributed by atoms with van der Waals surface area (Å²) in [6, 6.07) is 17.7. The first kappa shape index (κ1) is 23.5. The van der Waals surface area contributed by atoms with E-state index in [1.807, 2.05) is 48.5 Å². The Kier molecular flexibility index (Phi) is 7.61. The lowest BCUT2D eigenvalue weighted by Crippen LogP contribution is -2.25. The largest absolute Gasteiger partial charge is 0.489 e. The molecule has 1 aromatic heterocycles. The first-order valence-electron chi connectivity index (χ1n) is 11.4. The number of ether oxygens (including phenoxy) is 1. The Bertz CT molecular complexity index is 1180. The van der Waals surface area contributed by atoms with Crippen LogP contribution in [0.4, 0.5) is 0 Å². The Morgan fingerprint density at radius 2 is 1.85 bits per heavy atom. The molecule has 1 aliphatic heterocycles. The Labute approximate surface area is 199 Å². The monoisotopic (exact) mass is 456 g/mol. The van der Waals surface area contributed by atoms with Crippen LogP contribution in [0.5, 0.6) is 5.75 Å². The number of hydrogen-bond donors (Lipinski definition) is 2. The maximum absolute atomic E-state index is 9.85. The quantitative estimate of drug-likeness (QED) is 0.419. The highest BCUT2D eigenvalue weighted by Crippen LogP contribution is 2.25. The summed E-state index contributed by atoms with van der Waals surface area (Å²) >= 11 is 0. The van der Waals surface area contributed by atoms with Gasteiger partial charge >= 0.3 is 0 Å². The summed E-state index contributed by atoms with van der Waals surface area (Å²) in [6.07, 6.45) is 3.62. The molecule has 34 heavy (non-hydrogen) atoms. The lowest BCUT2D eigenvalue weighted by Gasteiger charge is -2.15. The SMILES string of the molecule is C[C@H](O)c1nccn1C(C#Cc1ccc(-c2ccc(OC3CCN(CC#N)C3)cc2)cc1)CO. The van der Waals surface area contributed by atoms with Gasteiger partial charge in [0, 0.05) is 31.0 Å². The van der Waals surface area contributed by atoms with Crippen molar-refractivity contribution in [1.29, 1.82) is 5.26 Å². The van der Waals surface area contributed by atoms with Crippen LogP contribution in [0.3, 0.4) is 0 Å². The number of aliphatic hydroxyl groups excluding tert-OH is 2. The first-order chi connectivity index (χ1) is 16.6. The number of nitriles is 1. The zero-order valence-corrected chi connectivity index (χ0v) is 19.1. The summed E-state index contributed by atoms with van der Waals surface area (Å²) in [5, 5.41) is 28.4. The van der Waals surface area contributed by atoms with Gasteiger partial charge in [0.15, 0.2) is 0 Å². The molecule has 0 bridgehead atoms. The van der Waals surface area contributed by atoms with Crippen LogP contribution < -0.4 is 4.74 Å². The second-order valence-electron chi connectivity index (χ2n) is 8.36. The van der Waals surface area contributed by atoms with Crippen molar-refractivity contribution in [2.45, 2.75) is 31.6 Å². The van der Waals surface area contributed by atoms with E-state index in [1.54, 1.807) is 23.9 Å². The minimum atomic E-state index is -0.738. The van der Waals surface area contributed by atoms with E-state index in [1.165, 1.54) is 0 Å². The fourth-order valence-corrected chi connectivity index (χ4v) is 4.08. The highest BCUT2D eigenvalue weighted by atomic mass is 16.5. The molecule has 1 aliphatic rings. The Balaban J connectivity index is 1.39. The molecule has 0 saturated carbocycles. The van der Waals surface area contributed by atoms with Crippen molar-refractivity contribution in [2.24, 2.45) is 0 Å². The van der Waals surface area contributed by atoms with Gasteiger partial charge in [-0.1, -0.05) is 36.1 Å². The van der Waals surface area contributed by atoms with Crippen molar-refractivity contribution in [3.8, 4) is 34.8 Å². The third kappa shape index (κ3) is 5.65. The Hall–Kier alpha value is -3.62. The van der Waals surface area contributed by atoms with E-state index < -0.39 is 12.1 Å². The van der Waals surface area contributed by atoms with Gasteiger partial charge in [-0.25, -0.2) is 4.98 Å². The zero-order chi connectivity index (χ0) is 23.9. The molecule has 2 heterocycles. The predicted molar refractivity (Wildman–Crippen MR) is 129 cm³/mol. The molecule has 0 amide bonds. The average Bonchev–Trinajstić information content (AvgIpc) is 3.51. The van der Waals surface area contributed by atoms with Gasteiger partial charge in [-0.3, -0.25) is 4.90 Å². The van der Waals surface area contributed by atoms with Gasteiger partial charge in [0.1, 0.15) is 29.8 Å². The highest BCUT2D eigenvalue weighted by Gasteiger charge is 2.23. The number of rotatable bonds is 7. The highest BCUT2D eigenvalue weighted by molar-refractivity contribution is 5.65. The summed E-state index contributed by atoms with van der Waals surface area (Å²) in [7, 11) is 0. The molecule has 0 spiro atoms. The van der Waals surface area contributed by atoms with Crippen LogP contribution in [0.15, 0.2) is 60.9 Å². The summed E-state index contributed by atoms with van der Waals surface area (Å²) in [6.45, 7) is 3.60. The zero-order valence-electron chi connectivity index (χ0n) is 19.1. The summed E-state index contributed by atoms with van der Waals surface area (Å²) < 4.78 is 7.77. The van der Waals surface area contributed by atoms with Crippen molar-refractivity contribution < 1.29 is 14.9 Å². The van der Waals surface area contributed by atoms with Crippen LogP contribution in [-0.2, 0) is 0 Å². The van der Waals surface area contributed by atoms with Crippen LogP contribution in [0.2, 0.25) is 0 Å². The molecule has 1 fully saturated rings. The number of imidazole rings is 1. The summed E-state index contributed by atoms with van der Waals surface area (Å²) in [4.78, 5) is 6.25. The van der Waals surface area contributed by atoms with Crippen molar-refractivity contribution in [1.82, 2.24) is 14.5 Å². The number of benzene rings is 2. The van der Waals surface area contributed by atoms with Crippen molar-refractivity contribution in [3.63, 3.8) is 0 Å². The summed E-state index contributed by atoms with van der Waals surface area (Å²) in [5.74, 6) is 7.49. The second kappa shape index (κ2) is 11.0. The molecule has 7 heteroatoms. The molecule has 3 atom stereocenters. The number of hydrogen-bond acceptors (Lipinski definition) is 6. The lowest BCUT2D eigenvalue weighted by atomic mass is 10.0. The Morgan fingerprint density at radius 1 is 1.15 bits per heavy atom. The van der Waals surface area contributed by atoms with E-state index in [0.29, 0.717) is 12.4 Å². The number of nitrogens with zero attached hydrogens (tertiary/aromatic N) is 4. The van der Waals surface area contributed by atoms with Gasteiger partial charge in [0.25, 0.3) is 0 Å². The van der Waals surface area contributed by atoms with Crippen molar-refractivity contribution in [3.05, 3.63) is 72.3 Å². The van der Waals surface area contributed by atoms with Crippen LogP contribution in [-0.4, -0.2) is 57.0 Å². The maximum atomic E-state index is 9.85. The fourth-order valence-electron chi connectivity index (χ4n) is 4.08. The molecule has 0 aliphatic carbocycles. The van der Waals surface area contributed by atoms with Crippen molar-refractivity contribution >= 4 is 0 Å². The fraction of sp³-hybridized carbons (Fsp3) is 0.333. The van der Waals surface area contributed by atoms with Gasteiger partial charge in [-0.15, -0.1) is 0 Å². The normalized spacial score (nSPS) is 17.4. The minimum absolute atomic E-state index is 0.124. The molecular formula is C27H28N4O3. The smallest absolute Gasteiger partial charge is 0.138 e. The third-order valence-electron chi connectivity index (χ3n) is 5.86. The molecule has 0 radical (unpaired) electrons. The molecule has 4 rings (SSSR count). The average molecular weight is 457 g/mol. The van der Waals surface area contributed by atoms with E-state index in [0.717, 1.165) is 42.0 Å². The molecule has 1 saturated heterocycles. The van der Waals surface area contributed by atoms with Crippen molar-refractivity contribution in [2.75, 3.05) is 26.2 Å². The van der Waals surface area contributed by atoms with Gasteiger partial charge < -0.3 is 19.5 Å². The van der Waals surface area contributed by atoms with E-state index in [-0.39, 0.29) is 12.7 Å². The Morgan fingerprint density at radius 3 is 2.50 bits per heavy atom. The van der Waals surface area contributed by atoms with Gasteiger partial charge in [-0.2, -0.15) is 5.26 Å². The molecule has 2 aromatic carbocycles. The topological polar surface area (TPSA) is 94.5 Å². The number of aliphatic hydroxyl groups is 2. The number of aromatic nitrogens is 2. The van der Waals surface area contributed by atoms with E-state index in [9.17, 15) is 10.2 Å². The summed E-state index contributed by atoms with van der Waals surface area (Å²) in [5.41, 5.74) is 2.99.